The van der Waals surface area contributed by atoms with Crippen molar-refractivity contribution in [2.45, 2.75) is 54.8 Å². The lowest BCUT2D eigenvalue weighted by atomic mass is 9.99. The second-order valence-electron chi connectivity index (χ2n) is 6.11. The van der Waals surface area contributed by atoms with E-state index in [0.29, 0.717) is 0 Å². The third kappa shape index (κ3) is 3.96. The van der Waals surface area contributed by atoms with Crippen LogP contribution in [-0.2, 0) is 23.7 Å². The maximum Gasteiger partial charge on any atom is 0.224 e. The first-order valence-corrected chi connectivity index (χ1v) is 7.81. The van der Waals surface area contributed by atoms with Gasteiger partial charge in [0, 0.05) is 14.2 Å². The van der Waals surface area contributed by atoms with Crippen LogP contribution in [0.1, 0.15) is 0 Å². The van der Waals surface area contributed by atoms with Gasteiger partial charge in [-0.25, -0.2) is 0 Å². The molecule has 2 saturated heterocycles. The van der Waals surface area contributed by atoms with E-state index in [1.165, 1.54) is 14.2 Å². The molecule has 6 N–H and O–H groups in total. The third-order valence-electron chi connectivity index (χ3n) is 4.35. The van der Waals surface area contributed by atoms with Gasteiger partial charge in [0.2, 0.25) is 5.79 Å². The Morgan fingerprint density at radius 3 is 2.12 bits per heavy atom. The average Bonchev–Trinajstić information content (AvgIpc) is 2.81. The number of rotatable bonds is 7. The maximum absolute atomic E-state index is 10.4. The van der Waals surface area contributed by atoms with E-state index >= 15 is 0 Å². The fourth-order valence-electron chi connectivity index (χ4n) is 2.97. The van der Waals surface area contributed by atoms with Crippen molar-refractivity contribution in [3.63, 3.8) is 0 Å². The minimum atomic E-state index is -1.91. The smallest absolute Gasteiger partial charge is 0.224 e. The largest absolute Gasteiger partial charge is 0.394 e. The highest BCUT2D eigenvalue weighted by Crippen LogP contribution is 2.36. The highest BCUT2D eigenvalue weighted by molar-refractivity contribution is 4.98. The third-order valence-corrected chi connectivity index (χ3v) is 4.35. The van der Waals surface area contributed by atoms with Crippen LogP contribution in [0.2, 0.25) is 0 Å². The molecule has 2 rings (SSSR count). The summed E-state index contributed by atoms with van der Waals surface area (Å²) in [4.78, 5) is 0. The molecule has 0 aromatic carbocycles. The van der Waals surface area contributed by atoms with Crippen LogP contribution >= 0.6 is 0 Å². The normalized spacial score (nSPS) is 48.0. The lowest BCUT2D eigenvalue weighted by Gasteiger charge is -2.43. The zero-order chi connectivity index (χ0) is 18.8. The Morgan fingerprint density at radius 2 is 1.56 bits per heavy atom. The predicted octanol–water partition coefficient (Wildman–Crippen LogP) is -4.09. The monoisotopic (exact) mass is 370 g/mol. The first-order chi connectivity index (χ1) is 11.8. The Balaban J connectivity index is 2.20. The van der Waals surface area contributed by atoms with Gasteiger partial charge in [-0.05, 0) is 0 Å². The first-order valence-electron chi connectivity index (χ1n) is 7.81. The zero-order valence-corrected chi connectivity index (χ0v) is 14.0. The molecule has 148 valence electrons. The van der Waals surface area contributed by atoms with Crippen molar-refractivity contribution in [1.29, 1.82) is 0 Å². The summed E-state index contributed by atoms with van der Waals surface area (Å²) in [6, 6.07) is 0. The van der Waals surface area contributed by atoms with Crippen LogP contribution in [0.5, 0.6) is 0 Å². The van der Waals surface area contributed by atoms with Gasteiger partial charge >= 0.3 is 0 Å². The number of aliphatic hydroxyl groups excluding tert-OH is 6. The fourth-order valence-corrected chi connectivity index (χ4v) is 2.97. The van der Waals surface area contributed by atoms with Crippen LogP contribution in [0.4, 0.5) is 0 Å². The van der Waals surface area contributed by atoms with Crippen molar-refractivity contribution in [2.75, 3.05) is 34.0 Å². The van der Waals surface area contributed by atoms with Gasteiger partial charge in [0.05, 0.1) is 13.2 Å². The van der Waals surface area contributed by atoms with Gasteiger partial charge in [0.15, 0.2) is 6.29 Å². The van der Waals surface area contributed by atoms with E-state index in [4.69, 9.17) is 23.7 Å². The summed E-state index contributed by atoms with van der Waals surface area (Å²) in [7, 11) is 2.70. The topological polar surface area (TPSA) is 168 Å². The molecule has 0 aromatic heterocycles. The molecule has 11 nitrogen and oxygen atoms in total. The Kier molecular flexibility index (Phi) is 7.09. The van der Waals surface area contributed by atoms with E-state index in [2.05, 4.69) is 0 Å². The summed E-state index contributed by atoms with van der Waals surface area (Å²) in [5.41, 5.74) is 0. The highest BCUT2D eigenvalue weighted by atomic mass is 16.8. The second-order valence-corrected chi connectivity index (χ2v) is 6.11. The van der Waals surface area contributed by atoms with Crippen LogP contribution in [-0.4, -0.2) is 119 Å². The molecule has 2 heterocycles. The molecule has 0 amide bonds. The van der Waals surface area contributed by atoms with Gasteiger partial charge in [-0.2, -0.15) is 0 Å². The lowest BCUT2D eigenvalue weighted by Crippen LogP contribution is -2.62. The van der Waals surface area contributed by atoms with Crippen LogP contribution in [0, 0.1) is 0 Å². The van der Waals surface area contributed by atoms with Gasteiger partial charge in [0.25, 0.3) is 0 Å². The minimum absolute atomic E-state index is 0.0399. The number of hydrogen-bond acceptors (Lipinski definition) is 11. The molecule has 2 aliphatic heterocycles. The summed E-state index contributed by atoms with van der Waals surface area (Å²) in [5, 5.41) is 59.4. The Morgan fingerprint density at radius 1 is 0.880 bits per heavy atom. The molecule has 9 atom stereocenters. The van der Waals surface area contributed by atoms with E-state index in [9.17, 15) is 30.6 Å². The predicted molar refractivity (Wildman–Crippen MR) is 78.2 cm³/mol. The van der Waals surface area contributed by atoms with Gasteiger partial charge in [-0.15, -0.1) is 0 Å². The standard InChI is InChI=1S/C14H26O11/c1-21-4-7-9(17)12(20)14(24-7,5-22-2)25-13-11(19)10(18)8(16)6(3-15)23-13/h6-13,15-20H,3-5H2,1-2H3. The summed E-state index contributed by atoms with van der Waals surface area (Å²) < 4.78 is 26.3. The van der Waals surface area contributed by atoms with Crippen molar-refractivity contribution in [3.8, 4) is 0 Å². The minimum Gasteiger partial charge on any atom is -0.394 e. The van der Waals surface area contributed by atoms with E-state index in [0.717, 1.165) is 0 Å². The van der Waals surface area contributed by atoms with Crippen molar-refractivity contribution in [2.24, 2.45) is 0 Å². The quantitative estimate of drug-likeness (QED) is 0.258. The summed E-state index contributed by atoms with van der Waals surface area (Å²) >= 11 is 0. The molecule has 11 heteroatoms. The van der Waals surface area contributed by atoms with E-state index in [1.807, 2.05) is 0 Å². The van der Waals surface area contributed by atoms with Gasteiger partial charge in [-0.1, -0.05) is 0 Å². The number of aliphatic hydroxyl groups is 6. The summed E-state index contributed by atoms with van der Waals surface area (Å²) in [5.74, 6) is -1.91. The molecular weight excluding hydrogens is 344 g/mol. The molecule has 0 aliphatic carbocycles. The Labute approximate surface area is 144 Å². The number of methoxy groups -OCH3 is 2. The molecule has 0 aromatic rings. The molecular formula is C14H26O11. The fraction of sp³-hybridized carbons (Fsp3) is 1.00. The van der Waals surface area contributed by atoms with Crippen molar-refractivity contribution < 1.29 is 54.3 Å². The molecule has 0 bridgehead atoms. The van der Waals surface area contributed by atoms with Gasteiger partial charge in [0.1, 0.15) is 49.3 Å². The van der Waals surface area contributed by atoms with Crippen molar-refractivity contribution >= 4 is 0 Å². The van der Waals surface area contributed by atoms with Gasteiger partial charge < -0.3 is 54.3 Å². The second kappa shape index (κ2) is 8.50. The van der Waals surface area contributed by atoms with E-state index in [1.54, 1.807) is 0 Å². The Bertz CT molecular complexity index is 422. The summed E-state index contributed by atoms with van der Waals surface area (Å²) in [6.45, 7) is -1.01. The number of hydrogen-bond donors (Lipinski definition) is 6. The Hall–Kier alpha value is -0.440. The van der Waals surface area contributed by atoms with Crippen LogP contribution in [0.3, 0.4) is 0 Å². The molecule has 2 fully saturated rings. The molecule has 0 radical (unpaired) electrons. The lowest BCUT2D eigenvalue weighted by molar-refractivity contribution is -0.384. The van der Waals surface area contributed by atoms with Gasteiger partial charge in [-0.3, -0.25) is 0 Å². The van der Waals surface area contributed by atoms with Crippen molar-refractivity contribution in [3.05, 3.63) is 0 Å². The highest BCUT2D eigenvalue weighted by Gasteiger charge is 2.58. The molecule has 0 spiro atoms. The van der Waals surface area contributed by atoms with Crippen LogP contribution in [0.25, 0.3) is 0 Å². The molecule has 25 heavy (non-hydrogen) atoms. The molecule has 0 saturated carbocycles. The SMILES string of the molecule is COCC1OC(COC)(OC2OC(CO)C(O)C(O)C2O)C(O)C1O. The first kappa shape index (κ1) is 20.9. The van der Waals surface area contributed by atoms with E-state index < -0.39 is 61.4 Å². The maximum atomic E-state index is 10.4. The number of ether oxygens (including phenoxy) is 5. The average molecular weight is 370 g/mol. The summed E-state index contributed by atoms with van der Waals surface area (Å²) in [6.07, 6.45) is -11.5. The van der Waals surface area contributed by atoms with Crippen LogP contribution in [0.15, 0.2) is 0 Å². The molecule has 9 unspecified atom stereocenters. The van der Waals surface area contributed by atoms with E-state index in [-0.39, 0.29) is 13.2 Å². The molecule has 2 aliphatic rings. The van der Waals surface area contributed by atoms with Crippen molar-refractivity contribution in [1.82, 2.24) is 0 Å². The van der Waals surface area contributed by atoms with Crippen LogP contribution < -0.4 is 0 Å². The zero-order valence-electron chi connectivity index (χ0n) is 14.0.